The van der Waals surface area contributed by atoms with Gasteiger partial charge in [0.2, 0.25) is 5.91 Å². The van der Waals surface area contributed by atoms with Gasteiger partial charge in [-0.3, -0.25) is 4.79 Å². The number of aryl methyl sites for hydroxylation is 1. The lowest BCUT2D eigenvalue weighted by Crippen LogP contribution is -2.44. The first-order chi connectivity index (χ1) is 12.4. The number of benzene rings is 1. The highest BCUT2D eigenvalue weighted by Crippen LogP contribution is 2.62. The van der Waals surface area contributed by atoms with Gasteiger partial charge in [-0.05, 0) is 91.4 Å². The van der Waals surface area contributed by atoms with E-state index in [9.17, 15) is 15.0 Å². The van der Waals surface area contributed by atoms with Gasteiger partial charge in [-0.25, -0.2) is 0 Å². The van der Waals surface area contributed by atoms with Crippen molar-refractivity contribution in [2.75, 3.05) is 6.54 Å². The number of hydrogen-bond acceptors (Lipinski definition) is 3. The summed E-state index contributed by atoms with van der Waals surface area (Å²) in [5.74, 6) is 2.11. The molecule has 4 unspecified atom stereocenters. The molecule has 26 heavy (non-hydrogen) atoms. The SMILES string of the molecule is CCNC(=O)CC1CC2C3CCc4cc(O)ccc4C3CC[C@]2(C)[C@H]1O. The molecule has 0 bridgehead atoms. The standard InChI is InChI=1S/C22H31NO3/c1-3-23-20(25)12-14-11-19-18-6-4-13-10-15(24)5-7-16(13)17(18)8-9-22(19,2)21(14)26/h5,7,10,14,17-19,21,24,26H,3-4,6,8-9,11-12H2,1-2H3,(H,23,25)/t14?,17?,18?,19?,21-,22-/m0/s1. The van der Waals surface area contributed by atoms with Crippen molar-refractivity contribution in [2.24, 2.45) is 23.2 Å². The molecule has 2 fully saturated rings. The summed E-state index contributed by atoms with van der Waals surface area (Å²) >= 11 is 0. The fourth-order valence-corrected chi connectivity index (χ4v) is 6.42. The first-order valence-corrected chi connectivity index (χ1v) is 10.2. The molecule has 0 heterocycles. The molecule has 0 spiro atoms. The average Bonchev–Trinajstić information content (AvgIpc) is 2.86. The third-order valence-electron chi connectivity index (χ3n) is 7.65. The highest BCUT2D eigenvalue weighted by molar-refractivity contribution is 5.76. The zero-order valence-corrected chi connectivity index (χ0v) is 15.9. The van der Waals surface area contributed by atoms with Crippen LogP contribution in [0.3, 0.4) is 0 Å². The van der Waals surface area contributed by atoms with Crippen LogP contribution >= 0.6 is 0 Å². The molecule has 4 heteroatoms. The molecule has 1 aromatic carbocycles. The number of nitrogens with one attached hydrogen (secondary N) is 1. The molecule has 3 aliphatic rings. The van der Waals surface area contributed by atoms with E-state index in [1.165, 1.54) is 11.1 Å². The number of amides is 1. The fourth-order valence-electron chi connectivity index (χ4n) is 6.42. The number of hydrogen-bond donors (Lipinski definition) is 3. The average molecular weight is 357 g/mol. The molecule has 0 aliphatic heterocycles. The molecule has 6 atom stereocenters. The van der Waals surface area contributed by atoms with Crippen molar-refractivity contribution in [3.05, 3.63) is 29.3 Å². The second kappa shape index (κ2) is 6.56. The molecule has 1 amide bonds. The maximum Gasteiger partial charge on any atom is 0.220 e. The minimum absolute atomic E-state index is 0.0627. The first kappa shape index (κ1) is 17.8. The summed E-state index contributed by atoms with van der Waals surface area (Å²) in [6.45, 7) is 4.84. The molecule has 3 N–H and O–H groups in total. The van der Waals surface area contributed by atoms with E-state index in [1.54, 1.807) is 0 Å². The Labute approximate surface area is 156 Å². The van der Waals surface area contributed by atoms with Gasteiger partial charge in [-0.1, -0.05) is 13.0 Å². The second-order valence-corrected chi connectivity index (χ2v) is 8.94. The van der Waals surface area contributed by atoms with Crippen LogP contribution in [0.15, 0.2) is 18.2 Å². The van der Waals surface area contributed by atoms with Crippen molar-refractivity contribution >= 4 is 5.91 Å². The van der Waals surface area contributed by atoms with Gasteiger partial charge in [-0.15, -0.1) is 0 Å². The van der Waals surface area contributed by atoms with Crippen molar-refractivity contribution in [2.45, 2.75) is 64.4 Å². The third kappa shape index (κ3) is 2.74. The van der Waals surface area contributed by atoms with E-state index in [4.69, 9.17) is 0 Å². The summed E-state index contributed by atoms with van der Waals surface area (Å²) in [6, 6.07) is 5.86. The van der Waals surface area contributed by atoms with Crippen LogP contribution in [0.5, 0.6) is 5.75 Å². The van der Waals surface area contributed by atoms with Crippen LogP contribution in [0, 0.1) is 23.2 Å². The molecule has 142 valence electrons. The number of aliphatic hydroxyl groups is 1. The Morgan fingerprint density at radius 1 is 1.35 bits per heavy atom. The fraction of sp³-hybridized carbons (Fsp3) is 0.682. The Morgan fingerprint density at radius 3 is 2.92 bits per heavy atom. The van der Waals surface area contributed by atoms with E-state index < -0.39 is 0 Å². The van der Waals surface area contributed by atoms with E-state index >= 15 is 0 Å². The zero-order chi connectivity index (χ0) is 18.5. The van der Waals surface area contributed by atoms with Crippen LogP contribution < -0.4 is 5.32 Å². The second-order valence-electron chi connectivity index (χ2n) is 8.94. The Hall–Kier alpha value is -1.55. The van der Waals surface area contributed by atoms with E-state index in [-0.39, 0.29) is 23.3 Å². The van der Waals surface area contributed by atoms with Gasteiger partial charge in [0, 0.05) is 13.0 Å². The number of aromatic hydroxyl groups is 1. The van der Waals surface area contributed by atoms with Crippen LogP contribution in [0.1, 0.15) is 63.0 Å². The van der Waals surface area contributed by atoms with E-state index in [2.05, 4.69) is 18.3 Å². The molecule has 4 rings (SSSR count). The molecule has 4 nitrogen and oxygen atoms in total. The van der Waals surface area contributed by atoms with Gasteiger partial charge >= 0.3 is 0 Å². The quantitative estimate of drug-likeness (QED) is 0.777. The van der Waals surface area contributed by atoms with Crippen LogP contribution in [0.25, 0.3) is 0 Å². The van der Waals surface area contributed by atoms with Crippen LogP contribution in [0.2, 0.25) is 0 Å². The van der Waals surface area contributed by atoms with Crippen molar-refractivity contribution in [3.63, 3.8) is 0 Å². The number of carbonyl (C=O) groups excluding carboxylic acids is 1. The van der Waals surface area contributed by atoms with E-state index in [0.29, 0.717) is 36.5 Å². The summed E-state index contributed by atoms with van der Waals surface area (Å²) in [5.41, 5.74) is 2.64. The van der Waals surface area contributed by atoms with Gasteiger partial charge in [0.05, 0.1) is 6.10 Å². The van der Waals surface area contributed by atoms with Gasteiger partial charge in [0.1, 0.15) is 5.75 Å². The van der Waals surface area contributed by atoms with Gasteiger partial charge < -0.3 is 15.5 Å². The Bertz CT molecular complexity index is 703. The lowest BCUT2D eigenvalue weighted by molar-refractivity contribution is -0.123. The van der Waals surface area contributed by atoms with Crippen molar-refractivity contribution < 1.29 is 15.0 Å². The van der Waals surface area contributed by atoms with Gasteiger partial charge in [0.25, 0.3) is 0 Å². The lowest BCUT2D eigenvalue weighted by atomic mass is 9.55. The third-order valence-corrected chi connectivity index (χ3v) is 7.65. The molecule has 3 aliphatic carbocycles. The predicted molar refractivity (Wildman–Crippen MR) is 101 cm³/mol. The molecular weight excluding hydrogens is 326 g/mol. The van der Waals surface area contributed by atoms with E-state index in [1.807, 2.05) is 19.1 Å². The number of carbonyl (C=O) groups is 1. The Balaban J connectivity index is 1.58. The number of phenolic OH excluding ortho intramolecular Hbond substituents is 1. The van der Waals surface area contributed by atoms with Crippen molar-refractivity contribution in [1.29, 1.82) is 0 Å². The zero-order valence-electron chi connectivity index (χ0n) is 15.9. The van der Waals surface area contributed by atoms with Gasteiger partial charge in [-0.2, -0.15) is 0 Å². The van der Waals surface area contributed by atoms with Crippen LogP contribution in [0.4, 0.5) is 0 Å². The predicted octanol–water partition coefficient (Wildman–Crippen LogP) is 3.36. The van der Waals surface area contributed by atoms with Crippen LogP contribution in [-0.4, -0.2) is 28.8 Å². The maximum absolute atomic E-state index is 12.1. The minimum atomic E-state index is -0.378. The van der Waals surface area contributed by atoms with Crippen LogP contribution in [-0.2, 0) is 11.2 Å². The molecule has 2 saturated carbocycles. The number of phenols is 1. The van der Waals surface area contributed by atoms with E-state index in [0.717, 1.165) is 32.1 Å². The van der Waals surface area contributed by atoms with Crippen molar-refractivity contribution in [3.8, 4) is 5.75 Å². The number of aliphatic hydroxyl groups excluding tert-OH is 1. The molecular formula is C22H31NO3. The first-order valence-electron chi connectivity index (χ1n) is 10.2. The Kier molecular flexibility index (Phi) is 4.50. The summed E-state index contributed by atoms with van der Waals surface area (Å²) in [6.07, 6.45) is 5.28. The number of rotatable bonds is 3. The minimum Gasteiger partial charge on any atom is -0.508 e. The maximum atomic E-state index is 12.1. The molecule has 1 aromatic rings. The smallest absolute Gasteiger partial charge is 0.220 e. The Morgan fingerprint density at radius 2 is 2.15 bits per heavy atom. The normalized spacial score (nSPS) is 38.2. The monoisotopic (exact) mass is 357 g/mol. The molecule has 0 radical (unpaired) electrons. The summed E-state index contributed by atoms with van der Waals surface area (Å²) in [5, 5.41) is 23.8. The van der Waals surface area contributed by atoms with Crippen molar-refractivity contribution in [1.82, 2.24) is 5.32 Å². The lowest BCUT2D eigenvalue weighted by Gasteiger charge is -2.50. The largest absolute Gasteiger partial charge is 0.508 e. The number of fused-ring (bicyclic) bond motifs is 5. The highest BCUT2D eigenvalue weighted by Gasteiger charge is 2.57. The summed E-state index contributed by atoms with van der Waals surface area (Å²) in [4.78, 5) is 12.1. The molecule has 0 saturated heterocycles. The molecule has 0 aromatic heterocycles. The van der Waals surface area contributed by atoms with Gasteiger partial charge in [0.15, 0.2) is 0 Å². The summed E-state index contributed by atoms with van der Waals surface area (Å²) in [7, 11) is 0. The topological polar surface area (TPSA) is 69.6 Å². The highest BCUT2D eigenvalue weighted by atomic mass is 16.3. The summed E-state index contributed by atoms with van der Waals surface area (Å²) < 4.78 is 0.